The molecule has 1 aliphatic rings. The zero-order valence-electron chi connectivity index (χ0n) is 14.7. The van der Waals surface area contributed by atoms with Gasteiger partial charge < -0.3 is 10.6 Å². The van der Waals surface area contributed by atoms with Gasteiger partial charge in [-0.3, -0.25) is 14.5 Å². The van der Waals surface area contributed by atoms with Crippen LogP contribution in [0.2, 0.25) is 5.02 Å². The average Bonchev–Trinajstić information content (AvgIpc) is 3.42. The van der Waals surface area contributed by atoms with Gasteiger partial charge in [-0.2, -0.15) is 0 Å². The number of amides is 2. The molecule has 0 spiro atoms. The van der Waals surface area contributed by atoms with Crippen molar-refractivity contribution in [2.24, 2.45) is 0 Å². The Bertz CT molecular complexity index is 805. The normalized spacial score (nSPS) is 13.5. The molecule has 0 bridgehead atoms. The Kier molecular flexibility index (Phi) is 5.91. The molecule has 6 heteroatoms. The van der Waals surface area contributed by atoms with E-state index in [4.69, 9.17) is 11.6 Å². The highest BCUT2D eigenvalue weighted by Gasteiger charge is 2.30. The lowest BCUT2D eigenvalue weighted by Gasteiger charge is -2.22. The van der Waals surface area contributed by atoms with Crippen LogP contribution >= 0.6 is 11.6 Å². The number of para-hydroxylation sites is 2. The largest absolute Gasteiger partial charge is 0.325 e. The molecule has 5 nitrogen and oxygen atoms in total. The molecule has 0 radical (unpaired) electrons. The molecular weight excluding hydrogens is 350 g/mol. The van der Waals surface area contributed by atoms with Crippen LogP contribution in [-0.2, 0) is 16.1 Å². The highest BCUT2D eigenvalue weighted by atomic mass is 35.5. The number of carbonyl (C=O) groups is 2. The number of hydrogen-bond acceptors (Lipinski definition) is 3. The Morgan fingerprint density at radius 1 is 1.04 bits per heavy atom. The van der Waals surface area contributed by atoms with Crippen molar-refractivity contribution >= 4 is 34.8 Å². The van der Waals surface area contributed by atoms with Crippen molar-refractivity contribution in [3.63, 3.8) is 0 Å². The van der Waals surface area contributed by atoms with Crippen molar-refractivity contribution in [3.8, 4) is 0 Å². The van der Waals surface area contributed by atoms with E-state index in [9.17, 15) is 9.59 Å². The first-order valence-electron chi connectivity index (χ1n) is 8.67. The molecule has 0 heterocycles. The first kappa shape index (κ1) is 18.4. The maximum atomic E-state index is 12.6. The van der Waals surface area contributed by atoms with Crippen LogP contribution in [0.4, 0.5) is 11.4 Å². The van der Waals surface area contributed by atoms with Gasteiger partial charge in [0.05, 0.1) is 17.9 Å². The number of nitrogens with zero attached hydrogens (tertiary/aromatic N) is 1. The van der Waals surface area contributed by atoms with E-state index < -0.39 is 0 Å². The molecule has 2 amide bonds. The summed E-state index contributed by atoms with van der Waals surface area (Å²) in [6.45, 7) is 2.37. The van der Waals surface area contributed by atoms with Crippen LogP contribution in [0.5, 0.6) is 0 Å². The van der Waals surface area contributed by atoms with E-state index in [0.717, 1.165) is 23.4 Å². The van der Waals surface area contributed by atoms with E-state index in [1.807, 2.05) is 36.4 Å². The molecule has 1 saturated carbocycles. The van der Waals surface area contributed by atoms with Gasteiger partial charge in [0.25, 0.3) is 0 Å². The smallest absolute Gasteiger partial charge is 0.238 e. The second-order valence-electron chi connectivity index (χ2n) is 6.50. The summed E-state index contributed by atoms with van der Waals surface area (Å²) < 4.78 is 0. The van der Waals surface area contributed by atoms with Crippen LogP contribution in [-0.4, -0.2) is 29.3 Å². The number of benzene rings is 2. The fraction of sp³-hybridized carbons (Fsp3) is 0.300. The van der Waals surface area contributed by atoms with Crippen molar-refractivity contribution in [2.75, 3.05) is 17.2 Å². The molecule has 136 valence electrons. The maximum absolute atomic E-state index is 12.6. The zero-order valence-corrected chi connectivity index (χ0v) is 15.4. The summed E-state index contributed by atoms with van der Waals surface area (Å²) >= 11 is 6.26. The van der Waals surface area contributed by atoms with Gasteiger partial charge in [-0.25, -0.2) is 0 Å². The molecule has 0 saturated heterocycles. The average molecular weight is 372 g/mol. The third-order valence-corrected chi connectivity index (χ3v) is 4.62. The van der Waals surface area contributed by atoms with Gasteiger partial charge in [-0.15, -0.1) is 0 Å². The minimum atomic E-state index is -0.176. The van der Waals surface area contributed by atoms with Gasteiger partial charge in [-0.1, -0.05) is 41.9 Å². The maximum Gasteiger partial charge on any atom is 0.238 e. The molecule has 1 aliphatic carbocycles. The van der Waals surface area contributed by atoms with E-state index in [1.165, 1.54) is 6.92 Å². The van der Waals surface area contributed by atoms with Crippen molar-refractivity contribution in [1.82, 2.24) is 4.90 Å². The van der Waals surface area contributed by atoms with E-state index in [-0.39, 0.29) is 18.4 Å². The number of hydrogen-bond donors (Lipinski definition) is 2. The van der Waals surface area contributed by atoms with E-state index >= 15 is 0 Å². The van der Waals surface area contributed by atoms with Gasteiger partial charge in [-0.05, 0) is 36.6 Å². The third-order valence-electron chi connectivity index (χ3n) is 4.25. The number of nitrogens with one attached hydrogen (secondary N) is 2. The van der Waals surface area contributed by atoms with Crippen molar-refractivity contribution in [2.45, 2.75) is 32.4 Å². The highest BCUT2D eigenvalue weighted by Crippen LogP contribution is 2.30. The third kappa shape index (κ3) is 5.07. The molecule has 0 aromatic heterocycles. The van der Waals surface area contributed by atoms with Gasteiger partial charge in [0.1, 0.15) is 0 Å². The lowest BCUT2D eigenvalue weighted by atomic mass is 10.2. The van der Waals surface area contributed by atoms with Crippen molar-refractivity contribution in [3.05, 3.63) is 59.1 Å². The number of anilines is 2. The monoisotopic (exact) mass is 371 g/mol. The molecule has 3 rings (SSSR count). The molecule has 2 aromatic rings. The van der Waals surface area contributed by atoms with Gasteiger partial charge >= 0.3 is 0 Å². The van der Waals surface area contributed by atoms with E-state index in [1.54, 1.807) is 12.1 Å². The summed E-state index contributed by atoms with van der Waals surface area (Å²) in [5, 5.41) is 6.35. The number of halogens is 1. The van der Waals surface area contributed by atoms with Crippen LogP contribution in [0.1, 0.15) is 25.3 Å². The highest BCUT2D eigenvalue weighted by molar-refractivity contribution is 6.31. The molecule has 0 aliphatic heterocycles. The topological polar surface area (TPSA) is 61.4 Å². The first-order chi connectivity index (χ1) is 12.5. The van der Waals surface area contributed by atoms with Crippen LogP contribution in [0.15, 0.2) is 48.5 Å². The Morgan fingerprint density at radius 3 is 2.27 bits per heavy atom. The standard InChI is InChI=1S/C20H22ClN3O2/c1-14(25)22-18-8-4-5-9-19(18)23-20(26)13-24(16-10-11-16)12-15-6-2-3-7-17(15)21/h2-9,16H,10-13H2,1H3,(H,22,25)(H,23,26). The molecule has 1 fully saturated rings. The second-order valence-corrected chi connectivity index (χ2v) is 6.91. The first-order valence-corrected chi connectivity index (χ1v) is 9.04. The second kappa shape index (κ2) is 8.34. The summed E-state index contributed by atoms with van der Waals surface area (Å²) in [6.07, 6.45) is 2.19. The summed E-state index contributed by atoms with van der Waals surface area (Å²) in [7, 11) is 0. The Morgan fingerprint density at radius 2 is 1.65 bits per heavy atom. The van der Waals surface area contributed by atoms with E-state index in [0.29, 0.717) is 24.0 Å². The Labute approximate surface area is 158 Å². The van der Waals surface area contributed by atoms with Crippen LogP contribution in [0.25, 0.3) is 0 Å². The van der Waals surface area contributed by atoms with Crippen molar-refractivity contribution in [1.29, 1.82) is 0 Å². The molecular formula is C20H22ClN3O2. The minimum Gasteiger partial charge on any atom is -0.325 e. The van der Waals surface area contributed by atoms with Gasteiger partial charge in [0.15, 0.2) is 0 Å². The summed E-state index contributed by atoms with van der Waals surface area (Å²) in [4.78, 5) is 26.0. The molecule has 26 heavy (non-hydrogen) atoms. The van der Waals surface area contributed by atoms with Crippen molar-refractivity contribution < 1.29 is 9.59 Å². The predicted octanol–water partition coefficient (Wildman–Crippen LogP) is 3.90. The van der Waals surface area contributed by atoms with Crippen LogP contribution < -0.4 is 10.6 Å². The Hall–Kier alpha value is -2.37. The lowest BCUT2D eigenvalue weighted by molar-refractivity contribution is -0.117. The fourth-order valence-corrected chi connectivity index (χ4v) is 3.06. The van der Waals surface area contributed by atoms with Gasteiger partial charge in [0.2, 0.25) is 11.8 Å². The summed E-state index contributed by atoms with van der Waals surface area (Å²) in [6, 6.07) is 15.3. The fourth-order valence-electron chi connectivity index (χ4n) is 2.86. The molecule has 2 aromatic carbocycles. The summed E-state index contributed by atoms with van der Waals surface area (Å²) in [5.74, 6) is -0.285. The molecule has 0 unspecified atom stereocenters. The molecule has 0 atom stereocenters. The minimum absolute atomic E-state index is 0.109. The summed E-state index contributed by atoms with van der Waals surface area (Å²) in [5.41, 5.74) is 2.21. The van der Waals surface area contributed by atoms with Crippen LogP contribution in [0.3, 0.4) is 0 Å². The SMILES string of the molecule is CC(=O)Nc1ccccc1NC(=O)CN(Cc1ccccc1Cl)C1CC1. The predicted molar refractivity (Wildman–Crippen MR) is 104 cm³/mol. The Balaban J connectivity index is 1.66. The number of carbonyl (C=O) groups excluding carboxylic acids is 2. The zero-order chi connectivity index (χ0) is 18.5. The number of rotatable bonds is 7. The van der Waals surface area contributed by atoms with E-state index in [2.05, 4.69) is 15.5 Å². The van der Waals surface area contributed by atoms with Crippen LogP contribution in [0, 0.1) is 0 Å². The quantitative estimate of drug-likeness (QED) is 0.775. The van der Waals surface area contributed by atoms with Gasteiger partial charge in [0, 0.05) is 24.5 Å². The lowest BCUT2D eigenvalue weighted by Crippen LogP contribution is -2.34. The molecule has 2 N–H and O–H groups in total.